The third-order valence-electron chi connectivity index (χ3n) is 7.41. The Bertz CT molecular complexity index is 1610. The van der Waals surface area contributed by atoms with E-state index >= 15 is 0 Å². The summed E-state index contributed by atoms with van der Waals surface area (Å²) in [6, 6.07) is 18.0. The standard InChI is InChI=1S/C33H34F3N5O3/c1-3-12-37-31(42)23-8-10-28(11-9-23)39-13-15-40(16-14-39)32(43)25-17-27(33(34,35)36)20-29(18-25)41-22-26(21-38-41)24-6-5-7-30(19-24)44-4-2/h5-11,17-22H,3-4,12-16H2,1-2H3,(H,37,42). The number of aromatic nitrogens is 2. The fraction of sp³-hybridized carbons (Fsp3) is 0.303. The van der Waals surface area contributed by atoms with E-state index < -0.39 is 17.6 Å². The molecule has 1 saturated heterocycles. The number of piperazine rings is 1. The second kappa shape index (κ2) is 13.2. The summed E-state index contributed by atoms with van der Waals surface area (Å²) >= 11 is 0. The van der Waals surface area contributed by atoms with Crippen LogP contribution in [0, 0.1) is 0 Å². The molecule has 1 N–H and O–H groups in total. The zero-order valence-electron chi connectivity index (χ0n) is 24.6. The minimum atomic E-state index is -4.65. The van der Waals surface area contributed by atoms with Gasteiger partial charge in [-0.25, -0.2) is 4.68 Å². The van der Waals surface area contributed by atoms with Crippen molar-refractivity contribution in [1.29, 1.82) is 0 Å². The monoisotopic (exact) mass is 605 g/mol. The molecule has 1 aliphatic rings. The Hall–Kier alpha value is -4.80. The molecule has 0 aliphatic carbocycles. The first kappa shape index (κ1) is 30.7. The largest absolute Gasteiger partial charge is 0.494 e. The first-order valence-corrected chi connectivity index (χ1v) is 14.6. The Balaban J connectivity index is 1.32. The Kier molecular flexibility index (Phi) is 9.22. The zero-order chi connectivity index (χ0) is 31.3. The molecule has 0 radical (unpaired) electrons. The number of rotatable bonds is 9. The quantitative estimate of drug-likeness (QED) is 0.251. The van der Waals surface area contributed by atoms with E-state index in [4.69, 9.17) is 4.74 Å². The fourth-order valence-electron chi connectivity index (χ4n) is 5.09. The Morgan fingerprint density at radius 1 is 0.886 bits per heavy atom. The third kappa shape index (κ3) is 7.04. The summed E-state index contributed by atoms with van der Waals surface area (Å²) in [6.45, 7) is 6.66. The third-order valence-corrected chi connectivity index (χ3v) is 7.41. The second-order valence-electron chi connectivity index (χ2n) is 10.5. The topological polar surface area (TPSA) is 79.7 Å². The van der Waals surface area contributed by atoms with Crippen LogP contribution in [-0.4, -0.2) is 65.8 Å². The van der Waals surface area contributed by atoms with Crippen LogP contribution in [0.1, 0.15) is 46.5 Å². The number of halogens is 3. The molecule has 0 spiro atoms. The minimum Gasteiger partial charge on any atom is -0.494 e. The van der Waals surface area contributed by atoms with Gasteiger partial charge in [0.15, 0.2) is 0 Å². The Morgan fingerprint density at radius 2 is 1.64 bits per heavy atom. The number of nitrogens with zero attached hydrogens (tertiary/aromatic N) is 4. The van der Waals surface area contributed by atoms with Crippen molar-refractivity contribution in [3.63, 3.8) is 0 Å². The number of hydrogen-bond donors (Lipinski definition) is 1. The van der Waals surface area contributed by atoms with Gasteiger partial charge in [0.25, 0.3) is 11.8 Å². The Labute approximate surface area is 254 Å². The number of carbonyl (C=O) groups is 2. The first-order valence-electron chi connectivity index (χ1n) is 14.6. The molecule has 1 aliphatic heterocycles. The number of hydrogen-bond acceptors (Lipinski definition) is 5. The lowest BCUT2D eigenvalue weighted by Gasteiger charge is -2.36. The highest BCUT2D eigenvalue weighted by Gasteiger charge is 2.33. The highest BCUT2D eigenvalue weighted by molar-refractivity contribution is 5.95. The molecule has 3 aromatic carbocycles. The molecular weight excluding hydrogens is 571 g/mol. The van der Waals surface area contributed by atoms with Crippen LogP contribution in [0.25, 0.3) is 16.8 Å². The number of alkyl halides is 3. The molecule has 0 bridgehead atoms. The molecule has 230 valence electrons. The predicted octanol–water partition coefficient (Wildman–Crippen LogP) is 6.06. The first-order chi connectivity index (χ1) is 21.2. The van der Waals surface area contributed by atoms with Crippen molar-refractivity contribution >= 4 is 17.5 Å². The molecule has 1 fully saturated rings. The van der Waals surface area contributed by atoms with E-state index in [1.54, 1.807) is 29.4 Å². The summed E-state index contributed by atoms with van der Waals surface area (Å²) in [4.78, 5) is 29.3. The maximum Gasteiger partial charge on any atom is 0.416 e. The molecule has 4 aromatic rings. The summed E-state index contributed by atoms with van der Waals surface area (Å²) in [5.74, 6) is 0.0738. The van der Waals surface area contributed by atoms with Crippen molar-refractivity contribution < 1.29 is 27.5 Å². The van der Waals surface area contributed by atoms with E-state index in [1.807, 2.05) is 50.2 Å². The van der Waals surface area contributed by atoms with Crippen LogP contribution in [0.3, 0.4) is 0 Å². The van der Waals surface area contributed by atoms with Gasteiger partial charge in [0, 0.05) is 61.3 Å². The van der Waals surface area contributed by atoms with Gasteiger partial charge in [-0.1, -0.05) is 19.1 Å². The fourth-order valence-corrected chi connectivity index (χ4v) is 5.09. The van der Waals surface area contributed by atoms with Gasteiger partial charge in [-0.05, 0) is 73.5 Å². The number of amides is 2. The van der Waals surface area contributed by atoms with Gasteiger partial charge < -0.3 is 19.9 Å². The van der Waals surface area contributed by atoms with Crippen LogP contribution in [0.2, 0.25) is 0 Å². The van der Waals surface area contributed by atoms with E-state index in [0.717, 1.165) is 29.8 Å². The van der Waals surface area contributed by atoms with Gasteiger partial charge in [0.2, 0.25) is 0 Å². The minimum absolute atomic E-state index is 0.0545. The Morgan fingerprint density at radius 3 is 2.32 bits per heavy atom. The van der Waals surface area contributed by atoms with Crippen molar-refractivity contribution in [2.75, 3.05) is 44.2 Å². The number of anilines is 1. The molecule has 0 saturated carbocycles. The molecule has 0 unspecified atom stereocenters. The van der Waals surface area contributed by atoms with Crippen LogP contribution in [-0.2, 0) is 6.18 Å². The summed E-state index contributed by atoms with van der Waals surface area (Å²) in [7, 11) is 0. The van der Waals surface area contributed by atoms with Crippen LogP contribution >= 0.6 is 0 Å². The highest BCUT2D eigenvalue weighted by atomic mass is 19.4. The zero-order valence-corrected chi connectivity index (χ0v) is 24.6. The lowest BCUT2D eigenvalue weighted by Crippen LogP contribution is -2.48. The van der Waals surface area contributed by atoms with Crippen LogP contribution in [0.5, 0.6) is 5.75 Å². The summed E-state index contributed by atoms with van der Waals surface area (Å²) < 4.78 is 48.7. The van der Waals surface area contributed by atoms with Crippen LogP contribution in [0.15, 0.2) is 79.1 Å². The summed E-state index contributed by atoms with van der Waals surface area (Å²) in [5, 5.41) is 7.15. The molecule has 5 rings (SSSR count). The number of ether oxygens (including phenoxy) is 1. The summed E-state index contributed by atoms with van der Waals surface area (Å²) in [5.41, 5.74) is 2.14. The van der Waals surface area contributed by atoms with Gasteiger partial charge >= 0.3 is 6.18 Å². The molecule has 1 aromatic heterocycles. The van der Waals surface area contributed by atoms with E-state index in [-0.39, 0.29) is 17.2 Å². The van der Waals surface area contributed by atoms with Gasteiger partial charge in [-0.3, -0.25) is 9.59 Å². The van der Waals surface area contributed by atoms with E-state index in [9.17, 15) is 22.8 Å². The average molecular weight is 606 g/mol. The summed E-state index contributed by atoms with van der Waals surface area (Å²) in [6.07, 6.45) is -0.600. The van der Waals surface area contributed by atoms with Crippen LogP contribution in [0.4, 0.5) is 18.9 Å². The van der Waals surface area contributed by atoms with Crippen LogP contribution < -0.4 is 15.0 Å². The molecule has 44 heavy (non-hydrogen) atoms. The molecule has 0 atom stereocenters. The van der Waals surface area contributed by atoms with Gasteiger partial charge in [-0.15, -0.1) is 0 Å². The highest BCUT2D eigenvalue weighted by Crippen LogP contribution is 2.33. The van der Waals surface area contributed by atoms with Crippen molar-refractivity contribution in [3.8, 4) is 22.6 Å². The van der Waals surface area contributed by atoms with Crippen molar-refractivity contribution in [2.24, 2.45) is 0 Å². The molecule has 11 heteroatoms. The van der Waals surface area contributed by atoms with Gasteiger partial charge in [0.05, 0.1) is 24.1 Å². The van der Waals surface area contributed by atoms with Crippen molar-refractivity contribution in [2.45, 2.75) is 26.4 Å². The van der Waals surface area contributed by atoms with E-state index in [2.05, 4.69) is 15.3 Å². The normalized spacial score (nSPS) is 13.6. The molecule has 2 amide bonds. The van der Waals surface area contributed by atoms with Crippen molar-refractivity contribution in [1.82, 2.24) is 20.0 Å². The maximum atomic E-state index is 13.9. The lowest BCUT2D eigenvalue weighted by molar-refractivity contribution is -0.137. The van der Waals surface area contributed by atoms with Gasteiger partial charge in [0.1, 0.15) is 5.75 Å². The number of benzene rings is 3. The molecular formula is C33H34F3N5O3. The SMILES string of the molecule is CCCNC(=O)c1ccc(N2CCN(C(=O)c3cc(-n4cc(-c5cccc(OCC)c5)cn4)cc(C(F)(F)F)c3)CC2)cc1. The second-order valence-corrected chi connectivity index (χ2v) is 10.5. The van der Waals surface area contributed by atoms with Gasteiger partial charge in [-0.2, -0.15) is 18.3 Å². The van der Waals surface area contributed by atoms with E-state index in [0.29, 0.717) is 56.2 Å². The number of carbonyl (C=O) groups excluding carboxylic acids is 2. The maximum absolute atomic E-state index is 13.9. The van der Waals surface area contributed by atoms with Crippen molar-refractivity contribution in [3.05, 3.63) is 95.8 Å². The average Bonchev–Trinajstić information content (AvgIpc) is 3.54. The number of nitrogens with one attached hydrogen (secondary N) is 1. The lowest BCUT2D eigenvalue weighted by atomic mass is 10.1. The smallest absolute Gasteiger partial charge is 0.416 e. The predicted molar refractivity (Wildman–Crippen MR) is 162 cm³/mol. The molecule has 8 nitrogen and oxygen atoms in total. The molecule has 2 heterocycles. The van der Waals surface area contributed by atoms with E-state index in [1.165, 1.54) is 10.7 Å².